The van der Waals surface area contributed by atoms with Gasteiger partial charge in [-0.1, -0.05) is 25.8 Å². The summed E-state index contributed by atoms with van der Waals surface area (Å²) in [6.45, 7) is 7.15. The van der Waals surface area contributed by atoms with Gasteiger partial charge >= 0.3 is 0 Å². The zero-order valence-electron chi connectivity index (χ0n) is 9.95. The molecule has 0 amide bonds. The summed E-state index contributed by atoms with van der Waals surface area (Å²) in [7, 11) is 0. The Morgan fingerprint density at radius 1 is 1.07 bits per heavy atom. The lowest BCUT2D eigenvalue weighted by atomic mass is 9.78. The molecule has 2 atom stereocenters. The van der Waals surface area contributed by atoms with Gasteiger partial charge in [-0.25, -0.2) is 0 Å². The zero-order valence-corrected chi connectivity index (χ0v) is 9.95. The van der Waals surface area contributed by atoms with Gasteiger partial charge in [0.2, 0.25) is 0 Å². The van der Waals surface area contributed by atoms with Gasteiger partial charge in [0.05, 0.1) is 12.7 Å². The number of ether oxygens (including phenoxy) is 1. The van der Waals surface area contributed by atoms with E-state index in [1.54, 1.807) is 0 Å². The van der Waals surface area contributed by atoms with Crippen molar-refractivity contribution in [2.45, 2.75) is 51.6 Å². The minimum atomic E-state index is 0.564. The highest BCUT2D eigenvalue weighted by molar-refractivity contribution is 4.86. The summed E-state index contributed by atoms with van der Waals surface area (Å²) < 4.78 is 5.98. The summed E-state index contributed by atoms with van der Waals surface area (Å²) in [5, 5.41) is 0. The molecule has 1 saturated carbocycles. The van der Waals surface area contributed by atoms with Gasteiger partial charge in [0, 0.05) is 5.92 Å². The van der Waals surface area contributed by atoms with Crippen molar-refractivity contribution in [1.82, 2.24) is 0 Å². The third-order valence-corrected chi connectivity index (χ3v) is 4.27. The van der Waals surface area contributed by atoms with Gasteiger partial charge in [-0.05, 0) is 37.5 Å². The highest BCUT2D eigenvalue weighted by Gasteiger charge is 2.29. The monoisotopic (exact) mass is 208 g/mol. The molecule has 0 N–H and O–H groups in total. The van der Waals surface area contributed by atoms with E-state index in [1.165, 1.54) is 38.5 Å². The van der Waals surface area contributed by atoms with E-state index < -0.39 is 0 Å². The van der Waals surface area contributed by atoms with Gasteiger partial charge in [0.25, 0.3) is 0 Å². The Bertz CT molecular complexity index is 195. The molecule has 0 spiro atoms. The van der Waals surface area contributed by atoms with Crippen LogP contribution in [0.2, 0.25) is 0 Å². The first-order valence-corrected chi connectivity index (χ1v) is 6.53. The van der Waals surface area contributed by atoms with Crippen LogP contribution < -0.4 is 0 Å². The second-order valence-corrected chi connectivity index (χ2v) is 5.46. The third-order valence-electron chi connectivity index (χ3n) is 4.27. The van der Waals surface area contributed by atoms with Crippen LogP contribution in [-0.4, -0.2) is 12.7 Å². The Balaban J connectivity index is 1.78. The predicted molar refractivity (Wildman–Crippen MR) is 63.8 cm³/mol. The molecular weight excluding hydrogens is 184 g/mol. The van der Waals surface area contributed by atoms with Gasteiger partial charge in [0.1, 0.15) is 0 Å². The van der Waals surface area contributed by atoms with Crippen molar-refractivity contribution in [3.05, 3.63) is 12.7 Å². The second kappa shape index (κ2) is 5.16. The highest BCUT2D eigenvalue weighted by atomic mass is 16.5. The molecule has 2 aliphatic rings. The van der Waals surface area contributed by atoms with E-state index in [-0.39, 0.29) is 0 Å². The fraction of sp³-hybridized carbons (Fsp3) is 0.857. The number of hydrogen-bond donors (Lipinski definition) is 0. The lowest BCUT2D eigenvalue weighted by molar-refractivity contribution is -0.0485. The minimum Gasteiger partial charge on any atom is -0.377 e. The molecular formula is C14H24O. The van der Waals surface area contributed by atoms with Crippen molar-refractivity contribution in [3.63, 3.8) is 0 Å². The molecule has 0 aromatic rings. The van der Waals surface area contributed by atoms with E-state index in [4.69, 9.17) is 4.74 Å². The largest absolute Gasteiger partial charge is 0.377 e. The molecule has 1 nitrogen and oxygen atoms in total. The quantitative estimate of drug-likeness (QED) is 0.627. The lowest BCUT2D eigenvalue weighted by Gasteiger charge is -2.36. The van der Waals surface area contributed by atoms with E-state index in [2.05, 4.69) is 19.6 Å². The maximum Gasteiger partial charge on any atom is 0.0603 e. The Kier molecular flexibility index (Phi) is 3.85. The van der Waals surface area contributed by atoms with Crippen LogP contribution in [0.15, 0.2) is 12.7 Å². The molecule has 1 heterocycles. The number of rotatable bonds is 2. The van der Waals surface area contributed by atoms with E-state index in [1.807, 2.05) is 0 Å². The molecule has 0 aromatic carbocycles. The Morgan fingerprint density at radius 3 is 2.33 bits per heavy atom. The third kappa shape index (κ3) is 2.84. The van der Waals surface area contributed by atoms with E-state index in [9.17, 15) is 0 Å². The summed E-state index contributed by atoms with van der Waals surface area (Å²) in [6.07, 6.45) is 10.8. The zero-order chi connectivity index (χ0) is 10.7. The van der Waals surface area contributed by atoms with Crippen LogP contribution >= 0.6 is 0 Å². The van der Waals surface area contributed by atoms with Crippen LogP contribution in [0, 0.1) is 17.8 Å². The molecule has 1 saturated heterocycles. The normalized spacial score (nSPS) is 42.5. The van der Waals surface area contributed by atoms with Crippen molar-refractivity contribution in [3.8, 4) is 0 Å². The molecule has 15 heavy (non-hydrogen) atoms. The Hall–Kier alpha value is -0.300. The Morgan fingerprint density at radius 2 is 1.80 bits per heavy atom. The summed E-state index contributed by atoms with van der Waals surface area (Å²) in [5.41, 5.74) is 0. The predicted octanol–water partition coefficient (Wildman–Crippen LogP) is 3.79. The summed E-state index contributed by atoms with van der Waals surface area (Å²) in [5.74, 6) is 2.42. The fourth-order valence-electron chi connectivity index (χ4n) is 3.01. The van der Waals surface area contributed by atoms with Crippen LogP contribution in [0.1, 0.15) is 45.4 Å². The topological polar surface area (TPSA) is 9.23 Å². The maximum absolute atomic E-state index is 5.98. The van der Waals surface area contributed by atoms with Gasteiger partial charge in [-0.3, -0.25) is 0 Å². The first kappa shape index (κ1) is 11.2. The summed E-state index contributed by atoms with van der Waals surface area (Å²) in [4.78, 5) is 0. The first-order chi connectivity index (χ1) is 7.29. The van der Waals surface area contributed by atoms with Crippen molar-refractivity contribution in [2.24, 2.45) is 17.8 Å². The minimum absolute atomic E-state index is 0.564. The van der Waals surface area contributed by atoms with Crippen molar-refractivity contribution in [1.29, 1.82) is 0 Å². The van der Waals surface area contributed by atoms with E-state index in [0.29, 0.717) is 12.0 Å². The lowest BCUT2D eigenvalue weighted by Crippen LogP contribution is -2.33. The number of hydrogen-bond acceptors (Lipinski definition) is 1. The van der Waals surface area contributed by atoms with Crippen molar-refractivity contribution < 1.29 is 4.74 Å². The standard InChI is InChI=1S/C14H24O/c1-3-12-6-9-14(15-10-12)13-7-4-11(2)5-8-13/h3,11-14H,1,4-10H2,2H3. The molecule has 0 aromatic heterocycles. The van der Waals surface area contributed by atoms with Gasteiger partial charge in [-0.2, -0.15) is 0 Å². The molecule has 0 radical (unpaired) electrons. The van der Waals surface area contributed by atoms with E-state index in [0.717, 1.165) is 18.4 Å². The second-order valence-electron chi connectivity index (χ2n) is 5.46. The molecule has 1 heteroatoms. The van der Waals surface area contributed by atoms with Crippen LogP contribution in [0.3, 0.4) is 0 Å². The summed E-state index contributed by atoms with van der Waals surface area (Å²) in [6, 6.07) is 0. The maximum atomic E-state index is 5.98. The summed E-state index contributed by atoms with van der Waals surface area (Å²) >= 11 is 0. The average molecular weight is 208 g/mol. The van der Waals surface area contributed by atoms with Crippen LogP contribution in [-0.2, 0) is 4.74 Å². The van der Waals surface area contributed by atoms with Gasteiger partial charge < -0.3 is 4.74 Å². The molecule has 86 valence electrons. The molecule has 1 aliphatic carbocycles. The molecule has 2 fully saturated rings. The molecule has 1 aliphatic heterocycles. The van der Waals surface area contributed by atoms with E-state index >= 15 is 0 Å². The SMILES string of the molecule is C=CC1CCC(C2CCC(C)CC2)OC1. The molecule has 0 bridgehead atoms. The van der Waals surface area contributed by atoms with Crippen LogP contribution in [0.25, 0.3) is 0 Å². The molecule has 2 rings (SSSR count). The van der Waals surface area contributed by atoms with Gasteiger partial charge in [-0.15, -0.1) is 6.58 Å². The fourth-order valence-corrected chi connectivity index (χ4v) is 3.01. The van der Waals surface area contributed by atoms with Gasteiger partial charge in [0.15, 0.2) is 0 Å². The average Bonchev–Trinajstić information content (AvgIpc) is 2.30. The molecule has 2 unspecified atom stereocenters. The van der Waals surface area contributed by atoms with Crippen LogP contribution in [0.4, 0.5) is 0 Å². The highest BCUT2D eigenvalue weighted by Crippen LogP contribution is 2.35. The van der Waals surface area contributed by atoms with Crippen molar-refractivity contribution in [2.75, 3.05) is 6.61 Å². The van der Waals surface area contributed by atoms with Crippen LogP contribution in [0.5, 0.6) is 0 Å². The van der Waals surface area contributed by atoms with Crippen molar-refractivity contribution >= 4 is 0 Å². The Labute approximate surface area is 93.9 Å². The first-order valence-electron chi connectivity index (χ1n) is 6.53. The smallest absolute Gasteiger partial charge is 0.0603 e.